The molecular formula is C18H16BrN7O6S4. The lowest BCUT2D eigenvalue weighted by atomic mass is 10.0. The molecule has 0 radical (unpaired) electrons. The van der Waals surface area contributed by atoms with E-state index < -0.39 is 29.2 Å². The van der Waals surface area contributed by atoms with Gasteiger partial charge in [0.1, 0.15) is 38.7 Å². The summed E-state index contributed by atoms with van der Waals surface area (Å²) in [5, 5.41) is 27.0. The maximum absolute atomic E-state index is 13.0. The first-order chi connectivity index (χ1) is 17.2. The maximum Gasteiger partial charge on any atom is 0.352 e. The predicted molar refractivity (Wildman–Crippen MR) is 138 cm³/mol. The molecule has 0 spiro atoms. The number of carbonyl (C=O) groups excluding carboxylic acids is 3. The highest BCUT2D eigenvalue weighted by molar-refractivity contribution is 9.11. The number of anilines is 1. The van der Waals surface area contributed by atoms with Gasteiger partial charge >= 0.3 is 5.97 Å². The maximum atomic E-state index is 13.0. The number of aliphatic carboxylic acids is 1. The second-order valence-corrected chi connectivity index (χ2v) is 12.8. The number of carboxylic acids is 1. The first kappa shape index (κ1) is 26.5. The predicted octanol–water partition coefficient (Wildman–Crippen LogP) is 1.52. The number of thioether (sulfide) groups is 2. The molecule has 2 aliphatic heterocycles. The molecule has 1 unspecified atom stereocenters. The van der Waals surface area contributed by atoms with Crippen LogP contribution in [0.3, 0.4) is 0 Å². The molecular weight excluding hydrogens is 618 g/mol. The number of aromatic nitrogens is 3. The number of nitrogens with one attached hydrogen (secondary N) is 2. The SMILES string of the molecule is CO/N=C(\C(=O)NC1C(=O)N2C(C(=O)O)=C(CSc3nnc(C)s3)CS[C@H]12)c1nc(NC=O)sc1Br. The Hall–Kier alpha value is -2.54. The van der Waals surface area contributed by atoms with E-state index in [1.165, 1.54) is 46.9 Å². The van der Waals surface area contributed by atoms with Crippen molar-refractivity contribution in [2.24, 2.45) is 5.16 Å². The zero-order chi connectivity index (χ0) is 26.0. The van der Waals surface area contributed by atoms with E-state index in [1.54, 1.807) is 0 Å². The summed E-state index contributed by atoms with van der Waals surface area (Å²) in [6, 6.07) is -0.969. The number of fused-ring (bicyclic) bond motifs is 1. The molecule has 2 aromatic rings. The Morgan fingerprint density at radius 2 is 2.17 bits per heavy atom. The van der Waals surface area contributed by atoms with Crippen molar-refractivity contribution in [3.05, 3.63) is 25.8 Å². The third kappa shape index (κ3) is 5.26. The van der Waals surface area contributed by atoms with Crippen LogP contribution in [0, 0.1) is 6.92 Å². The van der Waals surface area contributed by atoms with Crippen LogP contribution in [0.2, 0.25) is 0 Å². The van der Waals surface area contributed by atoms with Crippen molar-refractivity contribution in [1.29, 1.82) is 0 Å². The standard InChI is InChI=1S/C18H16BrN7O6S4/c1-6-23-24-18(35-6)34-4-7-3-33-15-10(14(29)26(15)11(7)16(30)31)21-13(28)9(25-32-2)8-12(19)36-17(22-8)20-5-27/h5,10,15H,3-4H2,1-2H3,(H,21,28)(H,30,31)(H,20,22,27)/b25-9-/t10?,15-/m1/s1. The summed E-state index contributed by atoms with van der Waals surface area (Å²) in [5.74, 6) is -1.80. The second kappa shape index (κ2) is 11.2. The summed E-state index contributed by atoms with van der Waals surface area (Å²) in [4.78, 5) is 58.9. The van der Waals surface area contributed by atoms with Crippen LogP contribution in [0.15, 0.2) is 24.6 Å². The smallest absolute Gasteiger partial charge is 0.352 e. The number of amides is 3. The highest BCUT2D eigenvalue weighted by Gasteiger charge is 2.54. The molecule has 1 fully saturated rings. The molecule has 0 bridgehead atoms. The highest BCUT2D eigenvalue weighted by Crippen LogP contribution is 2.42. The van der Waals surface area contributed by atoms with Gasteiger partial charge in [-0.3, -0.25) is 19.3 Å². The van der Waals surface area contributed by atoms with Gasteiger partial charge in [-0.15, -0.1) is 22.0 Å². The average Bonchev–Trinajstić information content (AvgIpc) is 3.43. The molecule has 18 heteroatoms. The lowest BCUT2D eigenvalue weighted by molar-refractivity contribution is -0.150. The molecule has 0 saturated carbocycles. The van der Waals surface area contributed by atoms with Crippen molar-refractivity contribution in [1.82, 2.24) is 25.4 Å². The fourth-order valence-corrected chi connectivity index (χ4v) is 8.02. The summed E-state index contributed by atoms with van der Waals surface area (Å²) < 4.78 is 1.12. The number of hydrogen-bond acceptors (Lipinski definition) is 13. The Bertz CT molecular complexity index is 1290. The van der Waals surface area contributed by atoms with Crippen LogP contribution in [-0.4, -0.2) is 85.1 Å². The van der Waals surface area contributed by atoms with Crippen LogP contribution in [0.25, 0.3) is 0 Å². The molecule has 2 atom stereocenters. The number of carboxylic acid groups (broad SMARTS) is 1. The topological polar surface area (TPSA) is 176 Å². The van der Waals surface area contributed by atoms with E-state index in [0.717, 1.165) is 16.3 Å². The minimum atomic E-state index is -1.22. The molecule has 2 aromatic heterocycles. The molecule has 0 aromatic carbocycles. The summed E-state index contributed by atoms with van der Waals surface area (Å²) in [6.07, 6.45) is 0.444. The van der Waals surface area contributed by atoms with Crippen LogP contribution < -0.4 is 10.6 Å². The number of halogens is 1. The zero-order valence-corrected chi connectivity index (χ0v) is 23.2. The first-order valence-electron chi connectivity index (χ1n) is 9.87. The van der Waals surface area contributed by atoms with E-state index in [9.17, 15) is 24.3 Å². The van der Waals surface area contributed by atoms with Crippen LogP contribution in [-0.2, 0) is 24.0 Å². The molecule has 2 aliphatic rings. The van der Waals surface area contributed by atoms with Crippen molar-refractivity contribution < 1.29 is 29.1 Å². The number of oxime groups is 1. The van der Waals surface area contributed by atoms with Gasteiger partial charge in [-0.05, 0) is 28.4 Å². The monoisotopic (exact) mass is 633 g/mol. The number of aryl methyl sites for hydroxylation is 1. The molecule has 36 heavy (non-hydrogen) atoms. The highest BCUT2D eigenvalue weighted by atomic mass is 79.9. The van der Waals surface area contributed by atoms with Crippen molar-refractivity contribution in [3.8, 4) is 0 Å². The van der Waals surface area contributed by atoms with E-state index in [2.05, 4.69) is 46.9 Å². The molecule has 4 rings (SSSR count). The Balaban J connectivity index is 1.50. The zero-order valence-electron chi connectivity index (χ0n) is 18.4. The van der Waals surface area contributed by atoms with Gasteiger partial charge in [0, 0.05) is 11.5 Å². The van der Waals surface area contributed by atoms with E-state index >= 15 is 0 Å². The number of carbonyl (C=O) groups is 4. The number of rotatable bonds is 10. The van der Waals surface area contributed by atoms with E-state index in [4.69, 9.17) is 4.84 Å². The molecule has 4 heterocycles. The third-order valence-corrected chi connectivity index (χ3v) is 9.84. The van der Waals surface area contributed by atoms with Gasteiger partial charge in [0.05, 0.1) is 0 Å². The van der Waals surface area contributed by atoms with Crippen molar-refractivity contribution >= 4 is 97.2 Å². The summed E-state index contributed by atoms with van der Waals surface area (Å²) in [5.41, 5.74) is 0.398. The van der Waals surface area contributed by atoms with Gasteiger partial charge in [-0.1, -0.05) is 39.6 Å². The van der Waals surface area contributed by atoms with Gasteiger partial charge in [-0.25, -0.2) is 9.78 Å². The second-order valence-electron chi connectivity index (χ2n) is 7.02. The van der Waals surface area contributed by atoms with Gasteiger partial charge in [0.25, 0.3) is 11.8 Å². The van der Waals surface area contributed by atoms with Crippen molar-refractivity contribution in [2.45, 2.75) is 22.7 Å². The van der Waals surface area contributed by atoms with Crippen molar-refractivity contribution in [2.75, 3.05) is 23.9 Å². The number of β-lactam (4-membered cyclic amide) rings is 1. The van der Waals surface area contributed by atoms with Crippen LogP contribution in [0.4, 0.5) is 5.13 Å². The number of thiazole rings is 1. The molecule has 3 N–H and O–H groups in total. The Morgan fingerprint density at radius 1 is 1.39 bits per heavy atom. The Morgan fingerprint density at radius 3 is 2.81 bits per heavy atom. The van der Waals surface area contributed by atoms with E-state index in [1.807, 2.05) is 6.92 Å². The number of hydrogen-bond donors (Lipinski definition) is 3. The van der Waals surface area contributed by atoms with Crippen LogP contribution >= 0.6 is 62.1 Å². The first-order valence-corrected chi connectivity index (χ1v) is 14.3. The third-order valence-electron chi connectivity index (χ3n) is 4.80. The minimum absolute atomic E-state index is 0.0828. The van der Waals surface area contributed by atoms with Crippen LogP contribution in [0.5, 0.6) is 0 Å². The molecule has 13 nitrogen and oxygen atoms in total. The molecule has 3 amide bonds. The largest absolute Gasteiger partial charge is 0.477 e. The van der Waals surface area contributed by atoms with Crippen molar-refractivity contribution in [3.63, 3.8) is 0 Å². The molecule has 1 saturated heterocycles. The summed E-state index contributed by atoms with van der Waals surface area (Å²) in [7, 11) is 1.25. The lowest BCUT2D eigenvalue weighted by Gasteiger charge is -2.49. The van der Waals surface area contributed by atoms with Gasteiger partial charge in [0.2, 0.25) is 6.41 Å². The van der Waals surface area contributed by atoms with Gasteiger partial charge < -0.3 is 20.6 Å². The average molecular weight is 635 g/mol. The normalized spacial score (nSPS) is 19.5. The molecule has 0 aliphatic carbocycles. The van der Waals surface area contributed by atoms with Crippen LogP contribution in [0.1, 0.15) is 10.7 Å². The van der Waals surface area contributed by atoms with E-state index in [-0.39, 0.29) is 22.2 Å². The Kier molecular flexibility index (Phi) is 8.28. The lowest BCUT2D eigenvalue weighted by Crippen LogP contribution is -2.71. The Labute approximate surface area is 228 Å². The summed E-state index contributed by atoms with van der Waals surface area (Å²) >= 11 is 8.45. The van der Waals surface area contributed by atoms with Gasteiger partial charge in [0.15, 0.2) is 15.2 Å². The summed E-state index contributed by atoms with van der Waals surface area (Å²) in [6.45, 7) is 1.83. The number of nitrogens with zero attached hydrogens (tertiary/aromatic N) is 5. The fraction of sp³-hybridized carbons (Fsp3) is 0.333. The quantitative estimate of drug-likeness (QED) is 0.114. The molecule has 190 valence electrons. The minimum Gasteiger partial charge on any atom is -0.477 e. The fourth-order valence-electron chi connectivity index (χ4n) is 3.33. The van der Waals surface area contributed by atoms with Gasteiger partial charge in [-0.2, -0.15) is 0 Å². The van der Waals surface area contributed by atoms with E-state index in [0.29, 0.717) is 31.6 Å².